The summed E-state index contributed by atoms with van der Waals surface area (Å²) < 4.78 is 40.7. The van der Waals surface area contributed by atoms with Gasteiger partial charge in [-0.1, -0.05) is 0 Å². The average Bonchev–Trinajstić information content (AvgIpc) is 3.16. The van der Waals surface area contributed by atoms with E-state index in [9.17, 15) is 80.5 Å². The molecule has 3 amide bonds. The molecule has 59 heavy (non-hydrogen) atoms. The number of carboxylic acids is 1. The Morgan fingerprint density at radius 3 is 1.80 bits per heavy atom. The van der Waals surface area contributed by atoms with E-state index < -0.39 is 178 Å². The Hall–Kier alpha value is -2.84. The molecule has 0 aromatic rings. The fourth-order valence-electron chi connectivity index (χ4n) is 7.40. The summed E-state index contributed by atoms with van der Waals surface area (Å²) >= 11 is 0. The Kier molecular flexibility index (Phi) is 16.8. The molecule has 21 atom stereocenters. The number of amides is 3. The average molecular weight is 862 g/mol. The minimum Gasteiger partial charge on any atom is -0.477 e. The molecule has 4 saturated heterocycles. The topological polar surface area (TPSA) is 412 Å². The van der Waals surface area contributed by atoms with Crippen molar-refractivity contribution in [2.75, 3.05) is 19.8 Å². The Labute approximate surface area is 335 Å². The van der Waals surface area contributed by atoms with Gasteiger partial charge < -0.3 is 110 Å². The molecular weight excluding hydrogens is 806 g/mol. The molecule has 15 N–H and O–H groups in total. The lowest BCUT2D eigenvalue weighted by molar-refractivity contribution is -0.377. The van der Waals surface area contributed by atoms with Gasteiger partial charge in [-0.2, -0.15) is 0 Å². The summed E-state index contributed by atoms with van der Waals surface area (Å²) in [5.74, 6) is -7.59. The second kappa shape index (κ2) is 20.4. The normalized spacial score (nSPS) is 43.8. The van der Waals surface area contributed by atoms with Gasteiger partial charge in [0.2, 0.25) is 17.7 Å². The first kappa shape index (κ1) is 48.8. The van der Waals surface area contributed by atoms with Crippen molar-refractivity contribution in [3.8, 4) is 0 Å². The summed E-state index contributed by atoms with van der Waals surface area (Å²) in [6.07, 6.45) is -32.7. The Morgan fingerprint density at radius 1 is 0.695 bits per heavy atom. The van der Waals surface area contributed by atoms with Crippen molar-refractivity contribution in [3.05, 3.63) is 0 Å². The molecule has 0 aromatic carbocycles. The number of hydrogen-bond acceptors (Lipinski definition) is 22. The van der Waals surface area contributed by atoms with Crippen molar-refractivity contribution in [1.29, 1.82) is 0 Å². The predicted octanol–water partition coefficient (Wildman–Crippen LogP) is -9.08. The molecular formula is C33H55N3O23. The summed E-state index contributed by atoms with van der Waals surface area (Å²) in [6, 6.07) is -5.12. The van der Waals surface area contributed by atoms with Crippen LogP contribution in [0.1, 0.15) is 34.1 Å². The van der Waals surface area contributed by atoms with Gasteiger partial charge in [0.1, 0.15) is 85.3 Å². The zero-order valence-electron chi connectivity index (χ0n) is 32.2. The van der Waals surface area contributed by atoms with Crippen molar-refractivity contribution in [2.24, 2.45) is 0 Å². The van der Waals surface area contributed by atoms with E-state index in [0.717, 1.165) is 20.8 Å². The summed E-state index contributed by atoms with van der Waals surface area (Å²) in [4.78, 5) is 50.1. The first-order valence-corrected chi connectivity index (χ1v) is 18.6. The highest BCUT2D eigenvalue weighted by Gasteiger charge is 2.61. The lowest BCUT2D eigenvalue weighted by Crippen LogP contribution is -2.73. The van der Waals surface area contributed by atoms with E-state index in [-0.39, 0.29) is 0 Å². The van der Waals surface area contributed by atoms with Gasteiger partial charge in [-0.15, -0.1) is 0 Å². The lowest BCUT2D eigenvalue weighted by atomic mass is 9.88. The second-order valence-corrected chi connectivity index (χ2v) is 14.8. The molecule has 4 fully saturated rings. The largest absolute Gasteiger partial charge is 0.477 e. The summed E-state index contributed by atoms with van der Waals surface area (Å²) in [6.45, 7) is 1.25. The molecule has 1 unspecified atom stereocenters. The van der Waals surface area contributed by atoms with Crippen LogP contribution in [0.2, 0.25) is 0 Å². The Bertz CT molecular complexity index is 1450. The van der Waals surface area contributed by atoms with Gasteiger partial charge in [0.15, 0.2) is 18.9 Å². The SMILES string of the molecule is CC(=O)N[C@H]1[C@H](O[C@H]2[C@H](O[C@@H]3O[C@@H](C)[C@@H](O)[C@@H](O)[C@@H]3O)[C@@H](NC(C)=O)C(O)O[C@@H]2CO)O[C@H](CO)[C@@H](O)[C@@H]1O[C@]1(C(=O)O)C[C@H](O)[C@@H](NC(C)=O)[C@H]([C@H](O)[C@H](O)CO)O1. The van der Waals surface area contributed by atoms with Crippen LogP contribution in [0.25, 0.3) is 0 Å². The molecule has 0 aliphatic carbocycles. The molecule has 26 heteroatoms. The number of aliphatic hydroxyl groups is 11. The number of hydrogen-bond donors (Lipinski definition) is 15. The van der Waals surface area contributed by atoms with E-state index >= 15 is 0 Å². The van der Waals surface area contributed by atoms with Crippen LogP contribution in [0.3, 0.4) is 0 Å². The van der Waals surface area contributed by atoms with E-state index in [2.05, 4.69) is 16.0 Å². The van der Waals surface area contributed by atoms with E-state index in [1.165, 1.54) is 6.92 Å². The molecule has 340 valence electrons. The maximum absolute atomic E-state index is 13.1. The lowest BCUT2D eigenvalue weighted by Gasteiger charge is -2.52. The molecule has 0 aromatic heterocycles. The van der Waals surface area contributed by atoms with Crippen LogP contribution in [0.4, 0.5) is 0 Å². The van der Waals surface area contributed by atoms with Crippen molar-refractivity contribution >= 4 is 23.7 Å². The third kappa shape index (κ3) is 10.8. The number of carbonyl (C=O) groups excluding carboxylic acids is 3. The number of carboxylic acid groups (broad SMARTS) is 1. The van der Waals surface area contributed by atoms with Crippen molar-refractivity contribution < 1.29 is 114 Å². The molecule has 0 bridgehead atoms. The van der Waals surface area contributed by atoms with Gasteiger partial charge in [-0.3, -0.25) is 14.4 Å². The van der Waals surface area contributed by atoms with Crippen molar-refractivity contribution in [1.82, 2.24) is 16.0 Å². The quantitative estimate of drug-likeness (QED) is 0.0727. The van der Waals surface area contributed by atoms with Crippen LogP contribution in [-0.2, 0) is 52.3 Å². The van der Waals surface area contributed by atoms with Gasteiger partial charge in [0, 0.05) is 27.2 Å². The fourth-order valence-corrected chi connectivity index (χ4v) is 7.40. The fraction of sp³-hybridized carbons (Fsp3) is 0.879. The molecule has 4 rings (SSSR count). The van der Waals surface area contributed by atoms with Crippen LogP contribution in [0, 0.1) is 0 Å². The molecule has 4 aliphatic rings. The number of rotatable bonds is 15. The maximum Gasteiger partial charge on any atom is 0.364 e. The van der Waals surface area contributed by atoms with Crippen LogP contribution in [0.5, 0.6) is 0 Å². The molecule has 4 heterocycles. The van der Waals surface area contributed by atoms with Crippen molar-refractivity contribution in [2.45, 2.75) is 162 Å². The van der Waals surface area contributed by atoms with Gasteiger partial charge in [-0.05, 0) is 6.92 Å². The summed E-state index contributed by atoms with van der Waals surface area (Å²) in [7, 11) is 0. The van der Waals surface area contributed by atoms with E-state index in [1.54, 1.807) is 0 Å². The predicted molar refractivity (Wildman–Crippen MR) is 184 cm³/mol. The zero-order valence-corrected chi connectivity index (χ0v) is 32.2. The van der Waals surface area contributed by atoms with Crippen LogP contribution < -0.4 is 16.0 Å². The molecule has 4 aliphatic heterocycles. The molecule has 0 saturated carbocycles. The van der Waals surface area contributed by atoms with Crippen LogP contribution in [-0.4, -0.2) is 233 Å². The minimum absolute atomic E-state index is 0.771. The van der Waals surface area contributed by atoms with Gasteiger partial charge in [-0.25, -0.2) is 4.79 Å². The van der Waals surface area contributed by atoms with Crippen molar-refractivity contribution in [3.63, 3.8) is 0 Å². The summed E-state index contributed by atoms with van der Waals surface area (Å²) in [5.41, 5.74) is 0. The van der Waals surface area contributed by atoms with E-state index in [0.29, 0.717) is 0 Å². The first-order valence-electron chi connectivity index (χ1n) is 18.6. The van der Waals surface area contributed by atoms with E-state index in [4.69, 9.17) is 33.2 Å². The minimum atomic E-state index is -3.12. The first-order chi connectivity index (χ1) is 27.6. The number of nitrogens with one attached hydrogen (secondary N) is 3. The van der Waals surface area contributed by atoms with Gasteiger partial charge in [0.25, 0.3) is 5.79 Å². The highest BCUT2D eigenvalue weighted by molar-refractivity contribution is 5.77. The van der Waals surface area contributed by atoms with E-state index in [1.807, 2.05) is 0 Å². The third-order valence-corrected chi connectivity index (χ3v) is 10.3. The van der Waals surface area contributed by atoms with Gasteiger partial charge >= 0.3 is 5.97 Å². The Balaban J connectivity index is 1.79. The molecule has 0 spiro atoms. The maximum atomic E-state index is 13.1. The number of aliphatic hydroxyl groups excluding tert-OH is 11. The number of carbonyl (C=O) groups is 4. The molecule has 0 radical (unpaired) electrons. The third-order valence-electron chi connectivity index (χ3n) is 10.3. The number of aliphatic carboxylic acids is 1. The van der Waals surface area contributed by atoms with Gasteiger partial charge in [0.05, 0.1) is 38.1 Å². The second-order valence-electron chi connectivity index (χ2n) is 14.8. The standard InChI is InChI=1S/C33H55N3O23/c1-9-20(45)23(48)24(49)31(53-9)57-28-18(35-11(3)41)29(50)54-16(8-39)25(28)56-30-19(36-12(4)42)27(22(47)15(7-38)55-30)59-33(32(51)52)5-13(43)17(34-10(2)40)26(58-33)21(46)14(44)6-37/h9,13-31,37-39,43-50H,5-8H2,1-4H3,(H,34,40)(H,35,41)(H,36,42)(H,51,52)/t9-,13-,14+,15+,16+,17+,18+,19+,20+,21+,22+,23+,24-,25+,26+,27+,28+,29?,30-,31-,33-/m0/s1. The smallest absolute Gasteiger partial charge is 0.364 e. The van der Waals surface area contributed by atoms with Crippen LogP contribution >= 0.6 is 0 Å². The Morgan fingerprint density at radius 2 is 1.25 bits per heavy atom. The highest BCUT2D eigenvalue weighted by atomic mass is 16.8. The van der Waals surface area contributed by atoms with Crippen LogP contribution in [0.15, 0.2) is 0 Å². The zero-order chi connectivity index (χ0) is 44.3. The highest BCUT2D eigenvalue weighted by Crippen LogP contribution is 2.39. The number of ether oxygens (including phenoxy) is 7. The monoisotopic (exact) mass is 861 g/mol. The molecule has 26 nitrogen and oxygen atoms in total. The summed E-state index contributed by atoms with van der Waals surface area (Å²) in [5, 5.41) is 134.